The van der Waals surface area contributed by atoms with Crippen molar-refractivity contribution < 1.29 is 19.1 Å². The zero-order valence-corrected chi connectivity index (χ0v) is 20.0. The molecule has 5 nitrogen and oxygen atoms in total. The van der Waals surface area contributed by atoms with Gasteiger partial charge in [0.15, 0.2) is 11.5 Å². The summed E-state index contributed by atoms with van der Waals surface area (Å²) in [6.07, 6.45) is 6.94. The van der Waals surface area contributed by atoms with Crippen LogP contribution in [0.2, 0.25) is 0 Å². The lowest BCUT2D eigenvalue weighted by Gasteiger charge is -2.13. The first-order valence-electron chi connectivity index (χ1n) is 8.95. The number of imide groups is 1. The van der Waals surface area contributed by atoms with Crippen molar-refractivity contribution in [2.45, 2.75) is 13.5 Å². The van der Waals surface area contributed by atoms with Gasteiger partial charge in [-0.25, -0.2) is 0 Å². The van der Waals surface area contributed by atoms with Crippen LogP contribution in [0.15, 0.2) is 50.2 Å². The van der Waals surface area contributed by atoms with Gasteiger partial charge in [0.25, 0.3) is 11.1 Å². The Bertz CT molecular complexity index is 1040. The van der Waals surface area contributed by atoms with Gasteiger partial charge in [0.1, 0.15) is 6.61 Å². The quantitative estimate of drug-likeness (QED) is 0.319. The predicted molar refractivity (Wildman–Crippen MR) is 125 cm³/mol. The lowest BCUT2D eigenvalue weighted by molar-refractivity contribution is -0.123. The highest BCUT2D eigenvalue weighted by molar-refractivity contribution is 9.10. The van der Waals surface area contributed by atoms with Gasteiger partial charge < -0.3 is 9.47 Å². The van der Waals surface area contributed by atoms with Crippen LogP contribution in [0.25, 0.3) is 6.08 Å². The summed E-state index contributed by atoms with van der Waals surface area (Å²) in [6, 6.07) is 11.0. The van der Waals surface area contributed by atoms with Crippen LogP contribution in [0.3, 0.4) is 0 Å². The molecule has 2 amide bonds. The second kappa shape index (κ2) is 10.2. The fourth-order valence-corrected chi connectivity index (χ4v) is 4.24. The molecule has 0 radical (unpaired) electrons. The van der Waals surface area contributed by atoms with Gasteiger partial charge in [-0.3, -0.25) is 14.5 Å². The van der Waals surface area contributed by atoms with Gasteiger partial charge in [-0.15, -0.1) is 6.42 Å². The summed E-state index contributed by atoms with van der Waals surface area (Å²) in [4.78, 5) is 26.8. The molecule has 1 heterocycles. The number of hydrogen-bond donors (Lipinski definition) is 0. The van der Waals surface area contributed by atoms with Crippen LogP contribution in [0, 0.1) is 12.3 Å². The molecule has 1 fully saturated rings. The zero-order chi connectivity index (χ0) is 21.7. The van der Waals surface area contributed by atoms with Crippen LogP contribution in [-0.2, 0) is 11.3 Å². The maximum atomic E-state index is 12.8. The number of carbonyl (C=O) groups is 2. The van der Waals surface area contributed by atoms with Gasteiger partial charge in [-0.1, -0.05) is 49.9 Å². The Labute approximate surface area is 196 Å². The van der Waals surface area contributed by atoms with Gasteiger partial charge in [-0.2, -0.15) is 0 Å². The Morgan fingerprint density at radius 1 is 1.13 bits per heavy atom. The molecule has 0 unspecified atom stereocenters. The monoisotopic (exact) mass is 549 g/mol. The van der Waals surface area contributed by atoms with Gasteiger partial charge in [0.2, 0.25) is 0 Å². The Morgan fingerprint density at radius 2 is 1.83 bits per heavy atom. The van der Waals surface area contributed by atoms with E-state index in [1.54, 1.807) is 18.2 Å². The maximum absolute atomic E-state index is 12.8. The fraction of sp³-hybridized carbons (Fsp3) is 0.182. The Hall–Kier alpha value is -2.21. The molecule has 1 saturated heterocycles. The Balaban J connectivity index is 1.86. The molecule has 2 aromatic rings. The number of rotatable bonds is 7. The van der Waals surface area contributed by atoms with E-state index >= 15 is 0 Å². The zero-order valence-electron chi connectivity index (χ0n) is 16.0. The molecule has 0 spiro atoms. The van der Waals surface area contributed by atoms with E-state index in [2.05, 4.69) is 37.8 Å². The van der Waals surface area contributed by atoms with Crippen LogP contribution in [0.4, 0.5) is 4.79 Å². The topological polar surface area (TPSA) is 55.8 Å². The van der Waals surface area contributed by atoms with Crippen molar-refractivity contribution in [3.8, 4) is 23.8 Å². The second-order valence-electron chi connectivity index (χ2n) is 6.14. The van der Waals surface area contributed by atoms with Crippen LogP contribution >= 0.6 is 43.6 Å². The molecule has 3 rings (SSSR count). The van der Waals surface area contributed by atoms with E-state index in [-0.39, 0.29) is 24.3 Å². The minimum absolute atomic E-state index is 0.112. The van der Waals surface area contributed by atoms with Crippen LogP contribution in [0.1, 0.15) is 18.1 Å². The third-order valence-electron chi connectivity index (χ3n) is 4.09. The number of amides is 2. The van der Waals surface area contributed by atoms with E-state index in [0.717, 1.165) is 21.8 Å². The van der Waals surface area contributed by atoms with Crippen LogP contribution < -0.4 is 9.47 Å². The summed E-state index contributed by atoms with van der Waals surface area (Å²) >= 11 is 7.78. The van der Waals surface area contributed by atoms with Gasteiger partial charge in [0.05, 0.1) is 18.1 Å². The minimum atomic E-state index is -0.328. The summed E-state index contributed by atoms with van der Waals surface area (Å²) in [5.74, 6) is 3.10. The van der Waals surface area contributed by atoms with Crippen molar-refractivity contribution in [2.75, 3.05) is 13.2 Å². The van der Waals surface area contributed by atoms with Crippen molar-refractivity contribution in [3.63, 3.8) is 0 Å². The predicted octanol–water partition coefficient (Wildman–Crippen LogP) is 5.86. The Kier molecular flexibility index (Phi) is 7.64. The van der Waals surface area contributed by atoms with Gasteiger partial charge >= 0.3 is 0 Å². The molecule has 0 aromatic heterocycles. The fourth-order valence-electron chi connectivity index (χ4n) is 2.71. The first-order valence-corrected chi connectivity index (χ1v) is 11.4. The molecule has 2 aromatic carbocycles. The van der Waals surface area contributed by atoms with Crippen molar-refractivity contribution in [1.29, 1.82) is 0 Å². The lowest BCUT2D eigenvalue weighted by atomic mass is 10.1. The van der Waals surface area contributed by atoms with Crippen LogP contribution in [0.5, 0.6) is 11.5 Å². The third kappa shape index (κ3) is 5.28. The van der Waals surface area contributed by atoms with E-state index in [4.69, 9.17) is 15.9 Å². The number of carbonyl (C=O) groups excluding carboxylic acids is 2. The van der Waals surface area contributed by atoms with Crippen molar-refractivity contribution in [3.05, 3.63) is 61.4 Å². The molecular formula is C22H17Br2NO4S. The number of halogens is 2. The number of hydrogen-bond acceptors (Lipinski definition) is 5. The summed E-state index contributed by atoms with van der Waals surface area (Å²) in [7, 11) is 0. The summed E-state index contributed by atoms with van der Waals surface area (Å²) in [6.45, 7) is 2.64. The molecule has 1 aliphatic heterocycles. The normalized spacial score (nSPS) is 14.9. The third-order valence-corrected chi connectivity index (χ3v) is 6.21. The molecular weight excluding hydrogens is 534 g/mol. The van der Waals surface area contributed by atoms with E-state index in [0.29, 0.717) is 33.0 Å². The number of thioether (sulfide) groups is 1. The van der Waals surface area contributed by atoms with Gasteiger partial charge in [-0.05, 0) is 60.2 Å². The maximum Gasteiger partial charge on any atom is 0.293 e. The molecule has 0 N–H and O–H groups in total. The molecule has 154 valence electrons. The van der Waals surface area contributed by atoms with E-state index < -0.39 is 0 Å². The van der Waals surface area contributed by atoms with Crippen LogP contribution in [-0.4, -0.2) is 29.3 Å². The first kappa shape index (κ1) is 22.5. The van der Waals surface area contributed by atoms with Crippen molar-refractivity contribution >= 4 is 60.8 Å². The largest absolute Gasteiger partial charge is 0.490 e. The highest BCUT2D eigenvalue weighted by Crippen LogP contribution is 2.38. The highest BCUT2D eigenvalue weighted by atomic mass is 79.9. The molecule has 0 atom stereocenters. The van der Waals surface area contributed by atoms with Crippen molar-refractivity contribution in [1.82, 2.24) is 4.90 Å². The number of ether oxygens (including phenoxy) is 2. The van der Waals surface area contributed by atoms with E-state index in [9.17, 15) is 9.59 Å². The molecule has 0 aliphatic carbocycles. The number of benzene rings is 2. The number of terminal acetylenes is 1. The molecule has 30 heavy (non-hydrogen) atoms. The summed E-state index contributed by atoms with van der Waals surface area (Å²) < 4.78 is 12.8. The Morgan fingerprint density at radius 3 is 2.50 bits per heavy atom. The average molecular weight is 551 g/mol. The molecule has 1 aliphatic rings. The smallest absolute Gasteiger partial charge is 0.293 e. The number of nitrogens with zero attached hydrogens (tertiary/aromatic N) is 1. The SMILES string of the molecule is C#CCOc1cc(Br)c(/C=C2\SC(=O)N(Cc3ccc(Br)cc3)C2=O)cc1OCC. The first-order chi connectivity index (χ1) is 14.4. The second-order valence-corrected chi connectivity index (χ2v) is 8.90. The standard InChI is InChI=1S/C22H17Br2NO4S/c1-3-9-29-19-12-17(24)15(10-18(19)28-4-2)11-20-21(26)25(22(27)30-20)13-14-5-7-16(23)8-6-14/h1,5-8,10-12H,4,9,13H2,2H3/b20-11-. The summed E-state index contributed by atoms with van der Waals surface area (Å²) in [5, 5.41) is -0.302. The van der Waals surface area contributed by atoms with Gasteiger partial charge in [0, 0.05) is 8.95 Å². The van der Waals surface area contributed by atoms with E-state index in [1.165, 1.54) is 4.90 Å². The summed E-state index contributed by atoms with van der Waals surface area (Å²) in [5.41, 5.74) is 1.57. The molecule has 0 bridgehead atoms. The molecule has 8 heteroatoms. The lowest BCUT2D eigenvalue weighted by Crippen LogP contribution is -2.27. The average Bonchev–Trinajstić information content (AvgIpc) is 2.98. The highest BCUT2D eigenvalue weighted by Gasteiger charge is 2.35. The minimum Gasteiger partial charge on any atom is -0.490 e. The van der Waals surface area contributed by atoms with E-state index in [1.807, 2.05) is 31.2 Å². The van der Waals surface area contributed by atoms with Crippen molar-refractivity contribution in [2.24, 2.45) is 0 Å². The molecule has 0 saturated carbocycles.